The number of aliphatic hydroxyl groups is 1. The molecule has 7 rings (SSSR count). The lowest BCUT2D eigenvalue weighted by atomic mass is 9.62. The minimum atomic E-state index is -0.790. The van der Waals surface area contributed by atoms with E-state index in [0.717, 1.165) is 30.5 Å². The smallest absolute Gasteiger partial charge is 0.306 e. The lowest BCUT2D eigenvalue weighted by molar-refractivity contribution is -0.314. The van der Waals surface area contributed by atoms with Crippen LogP contribution in [0.1, 0.15) is 91.0 Å². The van der Waals surface area contributed by atoms with Gasteiger partial charge in [-0.2, -0.15) is 0 Å². The van der Waals surface area contributed by atoms with Gasteiger partial charge in [0.2, 0.25) is 0 Å². The van der Waals surface area contributed by atoms with Gasteiger partial charge in [-0.25, -0.2) is 0 Å². The van der Waals surface area contributed by atoms with Gasteiger partial charge in [0.25, 0.3) is 0 Å². The number of rotatable bonds is 11. The Hall–Kier alpha value is -2.46. The molecule has 3 aliphatic heterocycles. The number of hydrogen-bond acceptors (Lipinski definition) is 13. The zero-order valence-electron chi connectivity index (χ0n) is 38.2. The van der Waals surface area contributed by atoms with Crippen molar-refractivity contribution in [3.8, 4) is 0 Å². The summed E-state index contributed by atoms with van der Waals surface area (Å²) in [5.41, 5.74) is 2.62. The lowest BCUT2D eigenvalue weighted by Crippen LogP contribution is -2.59. The van der Waals surface area contributed by atoms with Gasteiger partial charge in [0.05, 0.1) is 43.0 Å². The van der Waals surface area contributed by atoms with E-state index in [0.29, 0.717) is 43.7 Å². The number of para-hydroxylation sites is 1. The molecule has 13 heteroatoms. The predicted molar refractivity (Wildman–Crippen MR) is 230 cm³/mol. The number of nitrogens with one attached hydrogen (secondary N) is 1. The number of Topliss-reactive ketones (excluding diaryl/α,β-unsaturated/α-hetero) is 1. The Balaban J connectivity index is 1.21. The van der Waals surface area contributed by atoms with Gasteiger partial charge in [0, 0.05) is 44.9 Å². The van der Waals surface area contributed by atoms with Crippen molar-refractivity contribution in [1.29, 1.82) is 0 Å². The summed E-state index contributed by atoms with van der Waals surface area (Å²) >= 11 is 0. The molecule has 61 heavy (non-hydrogen) atoms. The highest BCUT2D eigenvalue weighted by molar-refractivity contribution is 5.99. The largest absolute Gasteiger partial charge is 0.462 e. The number of aliphatic hydroxyl groups excluding tert-OH is 1. The standard InChI is InChI=1S/C48H74N2O11/c1-11-29-16-14-18-38(61-40-20-19-37(50(6)7)27(4)57-40)26(3)43(52)35-23-32-31-21-30(60-48-47(56-10)46(55-9)45(54-8)28(5)58-48)22-34(31)44(53)42(41(32)33(35)24-39(51)59-29)49-36-17-13-12-15-25(36)2/h12-13,15,17,23,26-34,37-38,40-42,44-49,53H,11,14,16,18-22,24H2,1-10H3/t26-,27?,28?,29+,30+,31+,32+,33-,34-,37+,38+,40+,41-,42-,44-,45+,46?,47+,48+/m1/s1. The number of likely N-dealkylation sites (N-methyl/N-ethyl adjacent to an activating group) is 1. The van der Waals surface area contributed by atoms with E-state index in [2.05, 4.69) is 57.2 Å². The van der Waals surface area contributed by atoms with Crippen LogP contribution < -0.4 is 5.32 Å². The van der Waals surface area contributed by atoms with Crippen LogP contribution in [0.15, 0.2) is 35.9 Å². The van der Waals surface area contributed by atoms with Crippen molar-refractivity contribution < 1.29 is 52.6 Å². The normalized spacial score (nSPS) is 43.3. The van der Waals surface area contributed by atoms with E-state index in [-0.39, 0.29) is 78.5 Å². The Kier molecular flexibility index (Phi) is 15.4. The molecule has 0 bridgehead atoms. The van der Waals surface area contributed by atoms with E-state index in [9.17, 15) is 9.90 Å². The molecule has 6 aliphatic rings. The molecule has 0 amide bonds. The molecular formula is C48H74N2O11. The van der Waals surface area contributed by atoms with Gasteiger partial charge in [0.15, 0.2) is 18.4 Å². The maximum absolute atomic E-state index is 15.2. The number of fused-ring (bicyclic) bond motifs is 5. The fraction of sp³-hybridized carbons (Fsp3) is 0.792. The second-order valence-corrected chi connectivity index (χ2v) is 19.1. The minimum Gasteiger partial charge on any atom is -0.462 e. The third-order valence-corrected chi connectivity index (χ3v) is 15.4. The summed E-state index contributed by atoms with van der Waals surface area (Å²) in [6.07, 6.45) is 3.62. The Morgan fingerprint density at radius 1 is 0.869 bits per heavy atom. The van der Waals surface area contributed by atoms with Crippen molar-refractivity contribution in [2.45, 2.75) is 172 Å². The third-order valence-electron chi connectivity index (χ3n) is 15.4. The van der Waals surface area contributed by atoms with E-state index < -0.39 is 48.8 Å². The molecule has 2 N–H and O–H groups in total. The van der Waals surface area contributed by atoms with Crippen LogP contribution in [-0.2, 0) is 47.5 Å². The Morgan fingerprint density at radius 3 is 2.26 bits per heavy atom. The van der Waals surface area contributed by atoms with Crippen LogP contribution in [0.4, 0.5) is 5.69 Å². The number of anilines is 1. The molecular weight excluding hydrogens is 781 g/mol. The summed E-state index contributed by atoms with van der Waals surface area (Å²) < 4.78 is 50.2. The van der Waals surface area contributed by atoms with E-state index in [1.807, 2.05) is 32.0 Å². The molecule has 2 saturated carbocycles. The fourth-order valence-electron chi connectivity index (χ4n) is 12.1. The van der Waals surface area contributed by atoms with Crippen LogP contribution in [0.3, 0.4) is 0 Å². The number of carbonyl (C=O) groups is 2. The first-order valence-corrected chi connectivity index (χ1v) is 23.1. The topological polar surface area (TPSA) is 143 Å². The number of benzene rings is 1. The van der Waals surface area contributed by atoms with Crippen molar-refractivity contribution in [2.75, 3.05) is 40.7 Å². The average Bonchev–Trinajstić information content (AvgIpc) is 3.82. The van der Waals surface area contributed by atoms with Crippen LogP contribution in [0.25, 0.3) is 0 Å². The average molecular weight is 855 g/mol. The molecule has 0 spiro atoms. The Labute approximate surface area is 363 Å². The number of ether oxygens (including phenoxy) is 8. The van der Waals surface area contributed by atoms with Gasteiger partial charge >= 0.3 is 5.97 Å². The summed E-state index contributed by atoms with van der Waals surface area (Å²) in [5, 5.41) is 16.4. The van der Waals surface area contributed by atoms with Crippen LogP contribution >= 0.6 is 0 Å². The molecule has 5 fully saturated rings. The van der Waals surface area contributed by atoms with Gasteiger partial charge in [-0.3, -0.25) is 9.59 Å². The van der Waals surface area contributed by atoms with Crippen molar-refractivity contribution in [1.82, 2.24) is 4.90 Å². The second-order valence-electron chi connectivity index (χ2n) is 19.1. The molecule has 1 aromatic rings. The highest BCUT2D eigenvalue weighted by atomic mass is 16.7. The van der Waals surface area contributed by atoms with Crippen molar-refractivity contribution in [3.05, 3.63) is 41.5 Å². The number of cyclic esters (lactones) is 1. The second kappa shape index (κ2) is 20.2. The number of carbonyl (C=O) groups excluding carboxylic acids is 2. The monoisotopic (exact) mass is 855 g/mol. The maximum atomic E-state index is 15.2. The molecule has 1 aromatic carbocycles. The number of hydrogen-bond donors (Lipinski definition) is 2. The molecule has 0 radical (unpaired) electrons. The third kappa shape index (κ3) is 9.66. The zero-order valence-corrected chi connectivity index (χ0v) is 38.2. The van der Waals surface area contributed by atoms with Crippen molar-refractivity contribution in [2.24, 2.45) is 35.5 Å². The van der Waals surface area contributed by atoms with Crippen LogP contribution in [-0.4, -0.2) is 137 Å². The molecule has 19 atom stereocenters. The zero-order chi connectivity index (χ0) is 43.7. The quantitative estimate of drug-likeness (QED) is 0.249. The molecule has 13 nitrogen and oxygen atoms in total. The minimum absolute atomic E-state index is 0.00264. The van der Waals surface area contributed by atoms with Gasteiger partial charge in [-0.15, -0.1) is 0 Å². The molecule has 3 saturated heterocycles. The number of esters is 1. The first-order valence-electron chi connectivity index (χ1n) is 23.1. The van der Waals surface area contributed by atoms with Gasteiger partial charge < -0.3 is 53.2 Å². The Morgan fingerprint density at radius 2 is 1.59 bits per heavy atom. The van der Waals surface area contributed by atoms with Crippen LogP contribution in [0.5, 0.6) is 0 Å². The van der Waals surface area contributed by atoms with E-state index in [1.54, 1.807) is 21.3 Å². The van der Waals surface area contributed by atoms with Gasteiger partial charge in [-0.05, 0) is 127 Å². The SMILES string of the molecule is CC[C@H]1CCC[C@H](O[C@H]2CC[C@H](N(C)C)C(C)O2)[C@@H](C)C(=O)C2=C[C@H]3[C@@H]4C[C@H](O[C@@H]5OC(C)[C@H](OC)C(OC)[C@@H]5OC)C[C@H]4[C@@H](O)[C@H](Nc4ccccc4C)[C@H]3[C@@H]2CC(=O)O1. The van der Waals surface area contributed by atoms with E-state index in [4.69, 9.17) is 37.9 Å². The van der Waals surface area contributed by atoms with Crippen LogP contribution in [0.2, 0.25) is 0 Å². The Bertz CT molecular complexity index is 1680. The highest BCUT2D eigenvalue weighted by Gasteiger charge is 2.60. The lowest BCUT2D eigenvalue weighted by Gasteiger charge is -2.48. The number of ketones is 1. The highest BCUT2D eigenvalue weighted by Crippen LogP contribution is 2.57. The van der Waals surface area contributed by atoms with E-state index in [1.165, 1.54) is 0 Å². The summed E-state index contributed by atoms with van der Waals surface area (Å²) in [7, 11) is 9.07. The number of methoxy groups -OCH3 is 3. The number of aryl methyl sites for hydroxylation is 1. The predicted octanol–water partition coefficient (Wildman–Crippen LogP) is 6.08. The number of allylic oxidation sites excluding steroid dienone is 2. The first-order chi connectivity index (χ1) is 29.3. The molecule has 3 unspecified atom stereocenters. The first kappa shape index (κ1) is 46.5. The molecule has 0 aromatic heterocycles. The summed E-state index contributed by atoms with van der Waals surface area (Å²) in [5.74, 6) is -1.78. The molecule has 3 aliphatic carbocycles. The van der Waals surface area contributed by atoms with E-state index >= 15 is 4.79 Å². The van der Waals surface area contributed by atoms with Gasteiger partial charge in [0.1, 0.15) is 24.4 Å². The molecule has 3 heterocycles. The van der Waals surface area contributed by atoms with Gasteiger partial charge in [-0.1, -0.05) is 38.1 Å². The van der Waals surface area contributed by atoms with Crippen molar-refractivity contribution >= 4 is 17.4 Å². The number of nitrogens with zero attached hydrogens (tertiary/aromatic N) is 1. The molecule has 342 valence electrons. The van der Waals surface area contributed by atoms with Crippen molar-refractivity contribution in [3.63, 3.8) is 0 Å². The maximum Gasteiger partial charge on any atom is 0.306 e. The summed E-state index contributed by atoms with van der Waals surface area (Å²) in [6.45, 7) is 10.1. The fourth-order valence-corrected chi connectivity index (χ4v) is 12.1. The summed E-state index contributed by atoms with van der Waals surface area (Å²) in [6, 6.07) is 7.92. The summed E-state index contributed by atoms with van der Waals surface area (Å²) in [4.78, 5) is 31.4. The van der Waals surface area contributed by atoms with Crippen LogP contribution in [0, 0.1) is 42.4 Å².